The number of aliphatic hydroxyl groups is 1. The average Bonchev–Trinajstić information content (AvgIpc) is 2.87. The van der Waals surface area contributed by atoms with Crippen LogP contribution in [0.3, 0.4) is 0 Å². The predicted octanol–water partition coefficient (Wildman–Crippen LogP) is 1.77. The lowest BCUT2D eigenvalue weighted by atomic mass is 9.86. The minimum atomic E-state index is 0. The summed E-state index contributed by atoms with van der Waals surface area (Å²) in [4.78, 5) is 0. The van der Waals surface area contributed by atoms with E-state index in [1.807, 2.05) is 0 Å². The molecular formula is C11H23NO. The standard InChI is InChI=1S/C11H23NO/c1-8(2)11(9-3-4-9)6-5-10(12)7-13/h8-11,13H,3-7,12H2,1-2H3. The van der Waals surface area contributed by atoms with Crippen molar-refractivity contribution in [3.05, 3.63) is 0 Å². The Bertz CT molecular complexity index is 141. The van der Waals surface area contributed by atoms with Crippen LogP contribution in [0.4, 0.5) is 0 Å². The van der Waals surface area contributed by atoms with Gasteiger partial charge >= 0.3 is 0 Å². The van der Waals surface area contributed by atoms with Crippen LogP contribution >= 0.6 is 0 Å². The molecule has 1 aliphatic rings. The fourth-order valence-corrected chi connectivity index (χ4v) is 2.14. The number of hydrogen-bond acceptors (Lipinski definition) is 2. The molecular weight excluding hydrogens is 162 g/mol. The van der Waals surface area contributed by atoms with Crippen molar-refractivity contribution in [3.63, 3.8) is 0 Å². The summed E-state index contributed by atoms with van der Waals surface area (Å²) in [6.45, 7) is 4.73. The van der Waals surface area contributed by atoms with Gasteiger partial charge in [0.2, 0.25) is 0 Å². The molecule has 2 heteroatoms. The van der Waals surface area contributed by atoms with Crippen LogP contribution in [0.5, 0.6) is 0 Å². The van der Waals surface area contributed by atoms with E-state index >= 15 is 0 Å². The Morgan fingerprint density at radius 1 is 1.31 bits per heavy atom. The summed E-state index contributed by atoms with van der Waals surface area (Å²) in [7, 11) is 0. The van der Waals surface area contributed by atoms with Gasteiger partial charge in [0.05, 0.1) is 6.61 Å². The molecule has 0 aromatic rings. The van der Waals surface area contributed by atoms with Crippen LogP contribution in [0.25, 0.3) is 0 Å². The molecule has 2 unspecified atom stereocenters. The van der Waals surface area contributed by atoms with E-state index in [0.717, 1.165) is 24.2 Å². The lowest BCUT2D eigenvalue weighted by Gasteiger charge is -2.21. The second-order valence-corrected chi connectivity index (χ2v) is 4.77. The van der Waals surface area contributed by atoms with Crippen LogP contribution in [0.1, 0.15) is 39.5 Å². The molecule has 0 aliphatic heterocycles. The molecule has 0 heterocycles. The van der Waals surface area contributed by atoms with Gasteiger partial charge in [-0.15, -0.1) is 0 Å². The fourth-order valence-electron chi connectivity index (χ4n) is 2.14. The zero-order chi connectivity index (χ0) is 9.84. The average molecular weight is 185 g/mol. The van der Waals surface area contributed by atoms with Gasteiger partial charge in [0.15, 0.2) is 0 Å². The molecule has 78 valence electrons. The van der Waals surface area contributed by atoms with Gasteiger partial charge < -0.3 is 10.8 Å². The monoisotopic (exact) mass is 185 g/mol. The SMILES string of the molecule is CC(C)C(CCC(N)CO)C1CC1. The van der Waals surface area contributed by atoms with Crippen LogP contribution in [-0.4, -0.2) is 17.8 Å². The minimum absolute atomic E-state index is 0. The second-order valence-electron chi connectivity index (χ2n) is 4.77. The molecule has 1 saturated carbocycles. The van der Waals surface area contributed by atoms with Gasteiger partial charge in [0.1, 0.15) is 0 Å². The summed E-state index contributed by atoms with van der Waals surface area (Å²) >= 11 is 0. The maximum absolute atomic E-state index is 8.82. The molecule has 0 radical (unpaired) electrons. The molecule has 2 nitrogen and oxygen atoms in total. The number of hydrogen-bond donors (Lipinski definition) is 2. The first-order valence-corrected chi connectivity index (χ1v) is 5.51. The quantitative estimate of drug-likeness (QED) is 0.662. The molecule has 0 saturated heterocycles. The minimum Gasteiger partial charge on any atom is -0.395 e. The normalized spacial score (nSPS) is 21.9. The first-order valence-electron chi connectivity index (χ1n) is 5.51. The van der Waals surface area contributed by atoms with Crippen LogP contribution < -0.4 is 5.73 Å². The number of aliphatic hydroxyl groups excluding tert-OH is 1. The van der Waals surface area contributed by atoms with E-state index in [1.165, 1.54) is 19.3 Å². The van der Waals surface area contributed by atoms with E-state index in [-0.39, 0.29) is 12.6 Å². The number of rotatable bonds is 6. The molecule has 0 bridgehead atoms. The van der Waals surface area contributed by atoms with Gasteiger partial charge in [-0.3, -0.25) is 0 Å². The Labute approximate surface area is 81.5 Å². The lowest BCUT2D eigenvalue weighted by molar-refractivity contribution is 0.237. The van der Waals surface area contributed by atoms with Gasteiger partial charge in [-0.05, 0) is 43.4 Å². The summed E-state index contributed by atoms with van der Waals surface area (Å²) in [6.07, 6.45) is 5.01. The van der Waals surface area contributed by atoms with E-state index in [1.54, 1.807) is 0 Å². The Morgan fingerprint density at radius 2 is 1.92 bits per heavy atom. The maximum atomic E-state index is 8.82. The first kappa shape index (κ1) is 11.0. The summed E-state index contributed by atoms with van der Waals surface area (Å²) < 4.78 is 0. The highest BCUT2D eigenvalue weighted by molar-refractivity contribution is 4.83. The van der Waals surface area contributed by atoms with Crippen molar-refractivity contribution in [1.82, 2.24) is 0 Å². The summed E-state index contributed by atoms with van der Waals surface area (Å²) in [5.74, 6) is 2.59. The van der Waals surface area contributed by atoms with Crippen molar-refractivity contribution in [2.45, 2.75) is 45.6 Å². The molecule has 1 aliphatic carbocycles. The molecule has 3 N–H and O–H groups in total. The highest BCUT2D eigenvalue weighted by Gasteiger charge is 2.32. The smallest absolute Gasteiger partial charge is 0.0582 e. The molecule has 2 atom stereocenters. The van der Waals surface area contributed by atoms with Crippen LogP contribution in [0, 0.1) is 17.8 Å². The van der Waals surface area contributed by atoms with Gasteiger partial charge in [-0.1, -0.05) is 13.8 Å². The molecule has 0 spiro atoms. The third-order valence-corrected chi connectivity index (χ3v) is 3.19. The van der Waals surface area contributed by atoms with E-state index in [9.17, 15) is 0 Å². The molecule has 1 fully saturated rings. The maximum Gasteiger partial charge on any atom is 0.0582 e. The van der Waals surface area contributed by atoms with Gasteiger partial charge in [0.25, 0.3) is 0 Å². The summed E-state index contributed by atoms with van der Waals surface area (Å²) in [5.41, 5.74) is 5.69. The molecule has 1 rings (SSSR count). The number of nitrogens with two attached hydrogens (primary N) is 1. The Morgan fingerprint density at radius 3 is 2.31 bits per heavy atom. The first-order chi connectivity index (χ1) is 6.15. The van der Waals surface area contributed by atoms with Crippen molar-refractivity contribution in [1.29, 1.82) is 0 Å². The Kier molecular flexibility index (Phi) is 4.20. The fraction of sp³-hybridized carbons (Fsp3) is 1.00. The Balaban J connectivity index is 2.22. The predicted molar refractivity (Wildman–Crippen MR) is 55.3 cm³/mol. The van der Waals surface area contributed by atoms with E-state index < -0.39 is 0 Å². The van der Waals surface area contributed by atoms with Crippen molar-refractivity contribution in [2.24, 2.45) is 23.5 Å². The van der Waals surface area contributed by atoms with Gasteiger partial charge in [0, 0.05) is 6.04 Å². The third-order valence-electron chi connectivity index (χ3n) is 3.19. The molecule has 0 amide bonds. The van der Waals surface area contributed by atoms with Crippen molar-refractivity contribution >= 4 is 0 Å². The van der Waals surface area contributed by atoms with Crippen molar-refractivity contribution in [2.75, 3.05) is 6.61 Å². The van der Waals surface area contributed by atoms with Crippen LogP contribution in [0.2, 0.25) is 0 Å². The van der Waals surface area contributed by atoms with E-state index in [2.05, 4.69) is 13.8 Å². The molecule has 13 heavy (non-hydrogen) atoms. The van der Waals surface area contributed by atoms with Gasteiger partial charge in [-0.25, -0.2) is 0 Å². The zero-order valence-electron chi connectivity index (χ0n) is 8.87. The zero-order valence-corrected chi connectivity index (χ0v) is 8.87. The van der Waals surface area contributed by atoms with E-state index in [0.29, 0.717) is 0 Å². The van der Waals surface area contributed by atoms with Crippen LogP contribution in [0.15, 0.2) is 0 Å². The van der Waals surface area contributed by atoms with Crippen molar-refractivity contribution < 1.29 is 5.11 Å². The highest BCUT2D eigenvalue weighted by atomic mass is 16.3. The lowest BCUT2D eigenvalue weighted by Crippen LogP contribution is -2.26. The van der Waals surface area contributed by atoms with E-state index in [4.69, 9.17) is 10.8 Å². The summed E-state index contributed by atoms with van der Waals surface area (Å²) in [5, 5.41) is 8.82. The van der Waals surface area contributed by atoms with Crippen LogP contribution in [-0.2, 0) is 0 Å². The Hall–Kier alpha value is -0.0800. The van der Waals surface area contributed by atoms with Gasteiger partial charge in [-0.2, -0.15) is 0 Å². The largest absolute Gasteiger partial charge is 0.395 e. The second kappa shape index (κ2) is 4.97. The topological polar surface area (TPSA) is 46.2 Å². The summed E-state index contributed by atoms with van der Waals surface area (Å²) in [6, 6.07) is 0. The third kappa shape index (κ3) is 3.65. The van der Waals surface area contributed by atoms with Crippen molar-refractivity contribution in [3.8, 4) is 0 Å². The highest BCUT2D eigenvalue weighted by Crippen LogP contribution is 2.42. The molecule has 0 aromatic carbocycles. The molecule has 0 aromatic heterocycles.